The third-order valence-corrected chi connectivity index (χ3v) is 5.37. The number of hydrogen-bond donors (Lipinski definition) is 0. The molecule has 0 saturated carbocycles. The maximum Gasteiger partial charge on any atom is 0.161 e. The van der Waals surface area contributed by atoms with Crippen molar-refractivity contribution in [2.45, 2.75) is 6.54 Å². The summed E-state index contributed by atoms with van der Waals surface area (Å²) < 4.78 is 6.01. The quantitative estimate of drug-likeness (QED) is 0.343. The van der Waals surface area contributed by atoms with Gasteiger partial charge < -0.3 is 9.64 Å². The Morgan fingerprint density at radius 1 is 0.808 bits per heavy atom. The summed E-state index contributed by atoms with van der Waals surface area (Å²) in [7, 11) is 0. The first-order valence-electron chi connectivity index (χ1n) is 8.47. The van der Waals surface area contributed by atoms with Crippen molar-refractivity contribution in [1.82, 2.24) is 0 Å². The van der Waals surface area contributed by atoms with Gasteiger partial charge in [0, 0.05) is 27.9 Å². The van der Waals surface area contributed by atoms with Crippen molar-refractivity contribution >= 4 is 50.4 Å². The van der Waals surface area contributed by atoms with Crippen LogP contribution in [0.25, 0.3) is 21.5 Å². The fourth-order valence-electron chi connectivity index (χ4n) is 3.76. The maximum absolute atomic E-state index is 6.30. The first-order valence-corrected chi connectivity index (χ1v) is 9.22. The van der Waals surface area contributed by atoms with Gasteiger partial charge in [0.05, 0.1) is 10.7 Å². The average Bonchev–Trinajstić information content (AvgIpc) is 2.65. The lowest BCUT2D eigenvalue weighted by atomic mass is 9.99. The fraction of sp³-hybridized carbons (Fsp3) is 0.0909. The van der Waals surface area contributed by atoms with Crippen LogP contribution in [0.2, 0.25) is 10.0 Å². The van der Waals surface area contributed by atoms with E-state index in [4.69, 9.17) is 27.9 Å². The molecule has 0 atom stereocenters. The van der Waals surface area contributed by atoms with Crippen molar-refractivity contribution in [3.63, 3.8) is 0 Å². The van der Waals surface area contributed by atoms with Crippen molar-refractivity contribution in [2.24, 2.45) is 0 Å². The molecule has 0 aromatic heterocycles. The Morgan fingerprint density at radius 2 is 1.46 bits per heavy atom. The van der Waals surface area contributed by atoms with E-state index >= 15 is 0 Å². The van der Waals surface area contributed by atoms with E-state index in [0.29, 0.717) is 23.3 Å². The lowest BCUT2D eigenvalue weighted by Gasteiger charge is -2.33. The zero-order valence-corrected chi connectivity index (χ0v) is 15.4. The van der Waals surface area contributed by atoms with Crippen LogP contribution in [0.4, 0.5) is 5.69 Å². The summed E-state index contributed by atoms with van der Waals surface area (Å²) in [6.45, 7) is 1.15. The Balaban J connectivity index is 1.73. The molecular formula is C22H15Cl2NO. The monoisotopic (exact) mass is 379 g/mol. The summed E-state index contributed by atoms with van der Waals surface area (Å²) in [5.74, 6) is 0.733. The van der Waals surface area contributed by atoms with Crippen LogP contribution >= 0.6 is 23.2 Å². The highest BCUT2D eigenvalue weighted by atomic mass is 35.5. The predicted octanol–water partition coefficient (Wildman–Crippen LogP) is 6.66. The molecule has 1 aliphatic rings. The van der Waals surface area contributed by atoms with Crippen LogP contribution in [-0.4, -0.2) is 6.73 Å². The summed E-state index contributed by atoms with van der Waals surface area (Å²) >= 11 is 12.5. The predicted molar refractivity (Wildman–Crippen MR) is 110 cm³/mol. The third kappa shape index (κ3) is 2.49. The lowest BCUT2D eigenvalue weighted by Crippen LogP contribution is -2.32. The smallest absolute Gasteiger partial charge is 0.161 e. The molecule has 4 heteroatoms. The molecule has 5 rings (SSSR count). The van der Waals surface area contributed by atoms with Crippen molar-refractivity contribution < 1.29 is 4.74 Å². The van der Waals surface area contributed by atoms with E-state index in [2.05, 4.69) is 59.5 Å². The lowest BCUT2D eigenvalue weighted by molar-refractivity contribution is 0.290. The zero-order chi connectivity index (χ0) is 17.7. The Kier molecular flexibility index (Phi) is 3.70. The normalized spacial score (nSPS) is 13.7. The molecule has 0 bridgehead atoms. The first-order chi connectivity index (χ1) is 12.7. The van der Waals surface area contributed by atoms with Gasteiger partial charge in [0.15, 0.2) is 6.73 Å². The molecule has 128 valence electrons. The topological polar surface area (TPSA) is 12.5 Å². The van der Waals surface area contributed by atoms with Crippen LogP contribution < -0.4 is 9.64 Å². The minimum atomic E-state index is 0.451. The number of ether oxygens (including phenoxy) is 1. The van der Waals surface area contributed by atoms with E-state index in [0.717, 1.165) is 11.3 Å². The summed E-state index contributed by atoms with van der Waals surface area (Å²) in [5, 5.41) is 6.06. The van der Waals surface area contributed by atoms with Crippen molar-refractivity contribution in [1.29, 1.82) is 0 Å². The number of fused-ring (bicyclic) bond motifs is 3. The van der Waals surface area contributed by atoms with Crippen molar-refractivity contribution in [3.05, 3.63) is 82.3 Å². The molecule has 0 unspecified atom stereocenters. The second kappa shape index (κ2) is 6.08. The number of rotatable bonds is 1. The van der Waals surface area contributed by atoms with Gasteiger partial charge in [-0.3, -0.25) is 0 Å². The minimum Gasteiger partial charge on any atom is -0.471 e. The van der Waals surface area contributed by atoms with Gasteiger partial charge in [0.25, 0.3) is 0 Å². The standard InChI is InChI=1S/C22H15Cl2NO/c23-17-10-16-12-25(13-26-22(16)20(24)11-17)21-18-7-3-1-5-14(18)9-15-6-2-4-8-19(15)21/h1-11H,12-13H2. The van der Waals surface area contributed by atoms with E-state index < -0.39 is 0 Å². The van der Waals surface area contributed by atoms with Crippen LogP contribution in [0.1, 0.15) is 5.56 Å². The van der Waals surface area contributed by atoms with Crippen LogP contribution in [-0.2, 0) is 6.54 Å². The first kappa shape index (κ1) is 15.8. The van der Waals surface area contributed by atoms with Gasteiger partial charge in [-0.05, 0) is 29.0 Å². The van der Waals surface area contributed by atoms with Gasteiger partial charge in [-0.15, -0.1) is 0 Å². The molecule has 0 aliphatic carbocycles. The van der Waals surface area contributed by atoms with E-state index in [-0.39, 0.29) is 0 Å². The second-order valence-corrected chi connectivity index (χ2v) is 7.36. The van der Waals surface area contributed by atoms with Gasteiger partial charge in [-0.1, -0.05) is 71.7 Å². The van der Waals surface area contributed by atoms with E-state index in [9.17, 15) is 0 Å². The molecule has 0 spiro atoms. The summed E-state index contributed by atoms with van der Waals surface area (Å²) in [6.07, 6.45) is 0. The Hall–Kier alpha value is -2.42. The van der Waals surface area contributed by atoms with Crippen LogP contribution in [0, 0.1) is 0 Å². The summed E-state index contributed by atoms with van der Waals surface area (Å²) in [6, 6.07) is 22.8. The number of anilines is 1. The van der Waals surface area contributed by atoms with E-state index in [1.165, 1.54) is 27.2 Å². The minimum absolute atomic E-state index is 0.451. The fourth-order valence-corrected chi connectivity index (χ4v) is 4.35. The molecule has 0 N–H and O–H groups in total. The van der Waals surface area contributed by atoms with E-state index in [1.807, 2.05) is 6.07 Å². The number of benzene rings is 4. The summed E-state index contributed by atoms with van der Waals surface area (Å²) in [5.41, 5.74) is 2.19. The highest BCUT2D eigenvalue weighted by Crippen LogP contribution is 2.41. The van der Waals surface area contributed by atoms with Gasteiger partial charge in [-0.25, -0.2) is 0 Å². The molecule has 0 fully saturated rings. The molecule has 1 aliphatic heterocycles. The zero-order valence-electron chi connectivity index (χ0n) is 13.9. The van der Waals surface area contributed by atoms with E-state index in [1.54, 1.807) is 6.07 Å². The molecule has 1 heterocycles. The van der Waals surface area contributed by atoms with Gasteiger partial charge in [-0.2, -0.15) is 0 Å². The van der Waals surface area contributed by atoms with Crippen LogP contribution in [0.15, 0.2) is 66.7 Å². The molecular weight excluding hydrogens is 365 g/mol. The maximum atomic E-state index is 6.30. The summed E-state index contributed by atoms with van der Waals surface area (Å²) in [4.78, 5) is 2.25. The molecule has 0 amide bonds. The van der Waals surface area contributed by atoms with Crippen LogP contribution in [0.3, 0.4) is 0 Å². The van der Waals surface area contributed by atoms with Gasteiger partial charge in [0.1, 0.15) is 5.75 Å². The molecule has 2 nitrogen and oxygen atoms in total. The molecule has 26 heavy (non-hydrogen) atoms. The van der Waals surface area contributed by atoms with Crippen molar-refractivity contribution in [2.75, 3.05) is 11.6 Å². The molecule has 4 aromatic carbocycles. The SMILES string of the molecule is Clc1cc(Cl)c2c(c1)CN(c1c3ccccc3cc3ccccc13)CO2. The van der Waals surface area contributed by atoms with Gasteiger partial charge in [0.2, 0.25) is 0 Å². The molecule has 0 saturated heterocycles. The molecule has 4 aromatic rings. The molecule has 0 radical (unpaired) electrons. The second-order valence-electron chi connectivity index (χ2n) is 6.51. The Bertz CT molecular complexity index is 1100. The van der Waals surface area contributed by atoms with Crippen LogP contribution in [0.5, 0.6) is 5.75 Å². The number of halogens is 2. The number of nitrogens with zero attached hydrogens (tertiary/aromatic N) is 1. The number of hydrogen-bond acceptors (Lipinski definition) is 2. The largest absolute Gasteiger partial charge is 0.471 e. The highest BCUT2D eigenvalue weighted by Gasteiger charge is 2.23. The average molecular weight is 380 g/mol. The Labute approximate surface area is 161 Å². The van der Waals surface area contributed by atoms with Crippen molar-refractivity contribution in [3.8, 4) is 5.75 Å². The highest BCUT2D eigenvalue weighted by molar-refractivity contribution is 6.35. The third-order valence-electron chi connectivity index (χ3n) is 4.87. The Morgan fingerprint density at radius 3 is 2.15 bits per heavy atom. The van der Waals surface area contributed by atoms with Gasteiger partial charge >= 0.3 is 0 Å².